The molecule has 0 aliphatic heterocycles. The van der Waals surface area contributed by atoms with E-state index in [-0.39, 0.29) is 11.7 Å². The van der Waals surface area contributed by atoms with E-state index in [2.05, 4.69) is 5.32 Å². The summed E-state index contributed by atoms with van der Waals surface area (Å²) in [5, 5.41) is 2.08. The lowest BCUT2D eigenvalue weighted by Gasteiger charge is -2.12. The molecule has 1 N–H and O–H groups in total. The van der Waals surface area contributed by atoms with Crippen molar-refractivity contribution in [2.45, 2.75) is 46.1 Å². The van der Waals surface area contributed by atoms with Gasteiger partial charge in [0.25, 0.3) is 0 Å². The van der Waals surface area contributed by atoms with Crippen molar-refractivity contribution in [3.05, 3.63) is 0 Å². The number of carbonyl (C=O) groups excluding carboxylic acids is 2. The fourth-order valence-electron chi connectivity index (χ4n) is 1.67. The molecule has 0 saturated heterocycles. The molecule has 1 aliphatic rings. The lowest BCUT2D eigenvalue weighted by atomic mass is 10.1. The first kappa shape index (κ1) is 13.1. The van der Waals surface area contributed by atoms with Crippen LogP contribution in [0.15, 0.2) is 0 Å². The number of amides is 1. The summed E-state index contributed by atoms with van der Waals surface area (Å²) in [6.45, 7) is 7.30. The van der Waals surface area contributed by atoms with Gasteiger partial charge in [0.05, 0.1) is 0 Å². The number of carbonyl (C=O) groups is 2. The summed E-state index contributed by atoms with van der Waals surface area (Å²) >= 11 is 0. The van der Waals surface area contributed by atoms with Crippen LogP contribution >= 0.6 is 0 Å². The summed E-state index contributed by atoms with van der Waals surface area (Å²) in [5.41, 5.74) is -0.874. The molecule has 0 aromatic carbocycles. The van der Waals surface area contributed by atoms with Crippen molar-refractivity contribution in [3.63, 3.8) is 0 Å². The van der Waals surface area contributed by atoms with Crippen molar-refractivity contribution in [3.8, 4) is 0 Å². The molecule has 4 heteroatoms. The van der Waals surface area contributed by atoms with Gasteiger partial charge in [-0.25, -0.2) is 4.79 Å². The Morgan fingerprint density at radius 3 is 2.21 bits per heavy atom. The number of hydrogen-bond donors (Lipinski definition) is 1. The van der Waals surface area contributed by atoms with Gasteiger partial charge < -0.3 is 5.32 Å². The standard InChI is InChI=1S/C8H12FNO2.C2H6/c1-3-6-4-8(6,5(2)11)10-7(9)12;1-2/h6H,3-4H2,1-2H3,(H,10,12);1-2H3/t6-,8?;/m1./s1. The van der Waals surface area contributed by atoms with Gasteiger partial charge in [0.1, 0.15) is 5.54 Å². The van der Waals surface area contributed by atoms with Gasteiger partial charge in [0.2, 0.25) is 0 Å². The van der Waals surface area contributed by atoms with E-state index in [0.717, 1.165) is 6.42 Å². The summed E-state index contributed by atoms with van der Waals surface area (Å²) in [6, 6.07) is 0. The van der Waals surface area contributed by atoms with Crippen molar-refractivity contribution in [1.29, 1.82) is 0 Å². The minimum Gasteiger partial charge on any atom is -0.315 e. The van der Waals surface area contributed by atoms with Crippen molar-refractivity contribution < 1.29 is 14.0 Å². The Labute approximate surface area is 84.1 Å². The molecule has 3 nitrogen and oxygen atoms in total. The van der Waals surface area contributed by atoms with E-state index in [1.54, 1.807) is 0 Å². The van der Waals surface area contributed by atoms with E-state index in [4.69, 9.17) is 0 Å². The molecule has 0 bridgehead atoms. The number of hydrogen-bond acceptors (Lipinski definition) is 2. The molecule has 1 aliphatic carbocycles. The van der Waals surface area contributed by atoms with Crippen molar-refractivity contribution in [2.24, 2.45) is 5.92 Å². The highest BCUT2D eigenvalue weighted by Gasteiger charge is 2.58. The molecule has 1 fully saturated rings. The predicted octanol–water partition coefficient (Wildman–Crippen LogP) is 2.45. The zero-order valence-corrected chi connectivity index (χ0v) is 9.19. The van der Waals surface area contributed by atoms with Gasteiger partial charge in [-0.05, 0) is 19.3 Å². The maximum Gasteiger partial charge on any atom is 0.398 e. The first-order valence-corrected chi connectivity index (χ1v) is 5.01. The topological polar surface area (TPSA) is 46.2 Å². The molecule has 0 aromatic heterocycles. The predicted molar refractivity (Wildman–Crippen MR) is 52.8 cm³/mol. The summed E-state index contributed by atoms with van der Waals surface area (Å²) in [6.07, 6.45) is -0.241. The molecule has 14 heavy (non-hydrogen) atoms. The van der Waals surface area contributed by atoms with Gasteiger partial charge in [0.15, 0.2) is 5.78 Å². The van der Waals surface area contributed by atoms with Gasteiger partial charge in [-0.15, -0.1) is 4.39 Å². The number of ketones is 1. The van der Waals surface area contributed by atoms with Crippen LogP contribution in [0.5, 0.6) is 0 Å². The molecule has 0 spiro atoms. The van der Waals surface area contributed by atoms with Crippen LogP contribution in [0.25, 0.3) is 0 Å². The molecule has 1 saturated carbocycles. The Morgan fingerprint density at radius 2 is 2.00 bits per heavy atom. The number of nitrogens with one attached hydrogen (secondary N) is 1. The van der Waals surface area contributed by atoms with E-state index in [9.17, 15) is 14.0 Å². The number of rotatable bonds is 3. The molecule has 1 unspecified atom stereocenters. The van der Waals surface area contributed by atoms with Gasteiger partial charge >= 0.3 is 6.16 Å². The second kappa shape index (κ2) is 5.08. The third-order valence-electron chi connectivity index (χ3n) is 2.55. The monoisotopic (exact) mass is 203 g/mol. The van der Waals surface area contributed by atoms with Gasteiger partial charge in [-0.1, -0.05) is 27.2 Å². The van der Waals surface area contributed by atoms with E-state index < -0.39 is 11.7 Å². The highest BCUT2D eigenvalue weighted by molar-refractivity contribution is 5.93. The quantitative estimate of drug-likeness (QED) is 0.565. The third-order valence-corrected chi connectivity index (χ3v) is 2.55. The Morgan fingerprint density at radius 1 is 1.50 bits per heavy atom. The molecule has 2 atom stereocenters. The zero-order chi connectivity index (χ0) is 11.4. The van der Waals surface area contributed by atoms with Crippen molar-refractivity contribution in [2.75, 3.05) is 0 Å². The number of Topliss-reactive ketones (excluding diaryl/α,β-unsaturated/α-hetero) is 1. The largest absolute Gasteiger partial charge is 0.398 e. The molecule has 1 rings (SSSR count). The Bertz CT molecular complexity index is 230. The molecular formula is C10H18FNO2. The average Bonchev–Trinajstić information content (AvgIpc) is 2.82. The SMILES string of the molecule is CC.CC[C@@H]1CC1(NC(=O)F)C(C)=O. The maximum absolute atomic E-state index is 12.0. The van der Waals surface area contributed by atoms with Crippen LogP contribution in [0.1, 0.15) is 40.5 Å². The van der Waals surface area contributed by atoms with Gasteiger partial charge in [0, 0.05) is 0 Å². The minimum atomic E-state index is -1.61. The summed E-state index contributed by atoms with van der Waals surface area (Å²) in [5.74, 6) is -0.0324. The van der Waals surface area contributed by atoms with Crippen molar-refractivity contribution >= 4 is 11.9 Å². The van der Waals surface area contributed by atoms with Crippen LogP contribution in [-0.2, 0) is 4.79 Å². The van der Waals surface area contributed by atoms with Crippen LogP contribution in [-0.4, -0.2) is 17.5 Å². The van der Waals surface area contributed by atoms with Crippen LogP contribution in [0.2, 0.25) is 0 Å². The van der Waals surface area contributed by atoms with Gasteiger partial charge in [-0.3, -0.25) is 4.79 Å². The van der Waals surface area contributed by atoms with Crippen LogP contribution < -0.4 is 5.32 Å². The fourth-order valence-corrected chi connectivity index (χ4v) is 1.67. The molecular weight excluding hydrogens is 185 g/mol. The smallest absolute Gasteiger partial charge is 0.315 e. The minimum absolute atomic E-state index is 0.120. The summed E-state index contributed by atoms with van der Waals surface area (Å²) in [4.78, 5) is 21.2. The lowest BCUT2D eigenvalue weighted by molar-refractivity contribution is -0.120. The molecule has 0 aromatic rings. The van der Waals surface area contributed by atoms with E-state index >= 15 is 0 Å². The highest BCUT2D eigenvalue weighted by atomic mass is 19.1. The van der Waals surface area contributed by atoms with Gasteiger partial charge in [-0.2, -0.15) is 0 Å². The molecule has 82 valence electrons. The maximum atomic E-state index is 12.0. The van der Waals surface area contributed by atoms with Crippen molar-refractivity contribution in [1.82, 2.24) is 5.32 Å². The molecule has 0 heterocycles. The first-order chi connectivity index (χ1) is 6.53. The second-order valence-electron chi connectivity index (χ2n) is 3.24. The highest BCUT2D eigenvalue weighted by Crippen LogP contribution is 2.46. The van der Waals surface area contributed by atoms with E-state index in [0.29, 0.717) is 6.42 Å². The zero-order valence-electron chi connectivity index (χ0n) is 9.19. The summed E-state index contributed by atoms with van der Waals surface area (Å²) < 4.78 is 12.0. The normalized spacial score (nSPS) is 28.5. The van der Waals surface area contributed by atoms with E-state index in [1.165, 1.54) is 6.92 Å². The second-order valence-corrected chi connectivity index (χ2v) is 3.24. The Kier molecular flexibility index (Phi) is 4.74. The molecule has 1 amide bonds. The third kappa shape index (κ3) is 2.53. The Balaban J connectivity index is 0.000000791. The van der Waals surface area contributed by atoms with E-state index in [1.807, 2.05) is 20.8 Å². The van der Waals surface area contributed by atoms with Crippen LogP contribution in [0.4, 0.5) is 9.18 Å². The summed E-state index contributed by atoms with van der Waals surface area (Å²) in [7, 11) is 0. The first-order valence-electron chi connectivity index (χ1n) is 5.01. The Hall–Kier alpha value is -0.930. The van der Waals surface area contributed by atoms with Crippen LogP contribution in [0, 0.1) is 5.92 Å². The lowest BCUT2D eigenvalue weighted by Crippen LogP contribution is -2.41. The average molecular weight is 203 g/mol. The molecule has 0 radical (unpaired) electrons. The van der Waals surface area contributed by atoms with Crippen LogP contribution in [0.3, 0.4) is 0 Å². The number of halogens is 1. The fraction of sp³-hybridized carbons (Fsp3) is 0.800.